The Balaban J connectivity index is 2.06. The van der Waals surface area contributed by atoms with E-state index in [0.29, 0.717) is 22.4 Å². The van der Waals surface area contributed by atoms with E-state index in [4.69, 9.17) is 4.74 Å². The van der Waals surface area contributed by atoms with Crippen LogP contribution >= 0.6 is 0 Å². The van der Waals surface area contributed by atoms with E-state index >= 15 is 0 Å². The summed E-state index contributed by atoms with van der Waals surface area (Å²) in [5, 5.41) is 26.4. The highest BCUT2D eigenvalue weighted by atomic mass is 32.2. The molecule has 0 aliphatic carbocycles. The van der Waals surface area contributed by atoms with Crippen LogP contribution < -0.4 is 10.1 Å². The zero-order chi connectivity index (χ0) is 32.5. The predicted octanol–water partition coefficient (Wildman–Crippen LogP) is 5.34. The molecule has 1 aromatic carbocycles. The topological polar surface area (TPSA) is 127 Å². The number of aliphatic hydroxyl groups excluding tert-OH is 2. The lowest BCUT2D eigenvalue weighted by atomic mass is 10.0. The lowest BCUT2D eigenvalue weighted by Gasteiger charge is -2.24. The molecule has 16 heteroatoms. The molecule has 3 aromatic rings. The summed E-state index contributed by atoms with van der Waals surface area (Å²) in [7, 11) is -1.22. The zero-order valence-electron chi connectivity index (χ0n) is 23.7. The molecule has 2 aromatic heterocycles. The number of alkyl halides is 6. The molecular formula is C27H30F6N4O5S. The number of amides is 1. The first-order valence-corrected chi connectivity index (χ1v) is 14.1. The zero-order valence-corrected chi connectivity index (χ0v) is 24.5. The summed E-state index contributed by atoms with van der Waals surface area (Å²) in [6, 6.07) is 5.39. The Kier molecular flexibility index (Phi) is 9.98. The van der Waals surface area contributed by atoms with Crippen LogP contribution in [-0.2, 0) is 22.5 Å². The normalized spacial score (nSPS) is 14.7. The van der Waals surface area contributed by atoms with Gasteiger partial charge in [0.05, 0.1) is 35.2 Å². The van der Waals surface area contributed by atoms with Crippen molar-refractivity contribution in [3.8, 4) is 11.6 Å². The number of rotatable bonds is 9. The van der Waals surface area contributed by atoms with E-state index in [1.165, 1.54) is 6.92 Å². The van der Waals surface area contributed by atoms with Crippen LogP contribution in [0.1, 0.15) is 72.6 Å². The molecule has 0 saturated carbocycles. The number of hydrogen-bond donors (Lipinski definition) is 3. The van der Waals surface area contributed by atoms with Gasteiger partial charge in [0.2, 0.25) is 5.88 Å². The number of aromatic nitrogens is 3. The average molecular weight is 637 g/mol. The Morgan fingerprint density at radius 3 is 2.19 bits per heavy atom. The van der Waals surface area contributed by atoms with Crippen molar-refractivity contribution in [2.24, 2.45) is 0 Å². The Hall–Kier alpha value is -3.50. The molecule has 3 unspecified atom stereocenters. The van der Waals surface area contributed by atoms with Gasteiger partial charge in [-0.2, -0.15) is 31.4 Å². The molecule has 1 amide bonds. The first kappa shape index (κ1) is 34.0. The molecule has 0 aliphatic rings. The van der Waals surface area contributed by atoms with E-state index in [1.807, 2.05) is 0 Å². The standard InChI is InChI=1S/C27H30F6N4O5S/c1-6-43(41)16-9-7-15(8-10-16)18(13-38)35-23(40)21-14(2)24(37(36-21)25(3,4)5)42-19-12-34-11-17(20(19)26(28,29)30)22(39)27(31,32)33/h7-12,18,22,38-39H,6,13H2,1-5H3,(H,35,40). The maximum absolute atomic E-state index is 14.0. The number of ether oxygens (including phenoxy) is 1. The van der Waals surface area contributed by atoms with Crippen LogP contribution in [-0.4, -0.2) is 53.6 Å². The number of carbonyl (C=O) groups excluding carboxylic acids is 1. The Bertz CT molecular complexity index is 1480. The first-order valence-electron chi connectivity index (χ1n) is 12.8. The maximum Gasteiger partial charge on any atom is 0.420 e. The van der Waals surface area contributed by atoms with Gasteiger partial charge in [-0.1, -0.05) is 19.1 Å². The summed E-state index contributed by atoms with van der Waals surface area (Å²) in [6.07, 6.45) is -13.5. The third kappa shape index (κ3) is 7.54. The number of nitrogens with zero attached hydrogens (tertiary/aromatic N) is 3. The van der Waals surface area contributed by atoms with Gasteiger partial charge in [-0.3, -0.25) is 14.0 Å². The van der Waals surface area contributed by atoms with Crippen molar-refractivity contribution < 1.29 is 50.3 Å². The van der Waals surface area contributed by atoms with Gasteiger partial charge in [0, 0.05) is 28.0 Å². The van der Waals surface area contributed by atoms with Crippen molar-refractivity contribution in [1.82, 2.24) is 20.1 Å². The fraction of sp³-hybridized carbons (Fsp3) is 0.444. The summed E-state index contributed by atoms with van der Waals surface area (Å²) >= 11 is 0. The molecule has 43 heavy (non-hydrogen) atoms. The minimum absolute atomic E-state index is 0.0623. The third-order valence-corrected chi connectivity index (χ3v) is 7.57. The van der Waals surface area contributed by atoms with Crippen LogP contribution in [0.5, 0.6) is 11.6 Å². The summed E-state index contributed by atoms with van der Waals surface area (Å²) in [5.74, 6) is -1.98. The second-order valence-electron chi connectivity index (χ2n) is 10.4. The van der Waals surface area contributed by atoms with Gasteiger partial charge in [0.1, 0.15) is 5.56 Å². The highest BCUT2D eigenvalue weighted by Crippen LogP contribution is 2.46. The summed E-state index contributed by atoms with van der Waals surface area (Å²) < 4.78 is 100. The molecule has 9 nitrogen and oxygen atoms in total. The Morgan fingerprint density at radius 1 is 1.09 bits per heavy atom. The highest BCUT2D eigenvalue weighted by Gasteiger charge is 2.47. The summed E-state index contributed by atoms with van der Waals surface area (Å²) in [6.45, 7) is 7.31. The summed E-state index contributed by atoms with van der Waals surface area (Å²) in [4.78, 5) is 17.3. The molecule has 2 heterocycles. The van der Waals surface area contributed by atoms with E-state index in [-0.39, 0.29) is 17.5 Å². The number of nitrogens with one attached hydrogen (secondary N) is 1. The number of benzene rings is 1. The van der Waals surface area contributed by atoms with Crippen LogP contribution in [0.15, 0.2) is 41.6 Å². The predicted molar refractivity (Wildman–Crippen MR) is 143 cm³/mol. The van der Waals surface area contributed by atoms with E-state index in [9.17, 15) is 45.6 Å². The van der Waals surface area contributed by atoms with E-state index in [2.05, 4.69) is 15.4 Å². The Morgan fingerprint density at radius 2 is 1.70 bits per heavy atom. The fourth-order valence-electron chi connectivity index (χ4n) is 4.08. The summed E-state index contributed by atoms with van der Waals surface area (Å²) in [5.41, 5.74) is -4.35. The van der Waals surface area contributed by atoms with Crippen LogP contribution in [0, 0.1) is 6.92 Å². The van der Waals surface area contributed by atoms with Crippen molar-refractivity contribution in [3.05, 3.63) is 64.6 Å². The average Bonchev–Trinajstić information content (AvgIpc) is 3.25. The molecule has 0 spiro atoms. The SMILES string of the molecule is CCS(=O)c1ccc(C(CO)NC(=O)c2nn(C(C)(C)C)c(Oc3cncc(C(O)C(F)(F)F)c3C(F)(F)F)c2C)cc1. The first-order chi connectivity index (χ1) is 19.8. The van der Waals surface area contributed by atoms with E-state index in [1.54, 1.807) is 52.0 Å². The molecule has 0 saturated heterocycles. The second-order valence-corrected chi connectivity index (χ2v) is 12.2. The molecule has 0 bridgehead atoms. The number of carbonyl (C=O) groups is 1. The maximum atomic E-state index is 14.0. The second kappa shape index (κ2) is 12.6. The van der Waals surface area contributed by atoms with Crippen molar-refractivity contribution in [2.45, 2.75) is 69.6 Å². The smallest absolute Gasteiger partial charge is 0.420 e. The largest absolute Gasteiger partial charge is 0.437 e. The van der Waals surface area contributed by atoms with Crippen molar-refractivity contribution in [1.29, 1.82) is 0 Å². The van der Waals surface area contributed by atoms with Gasteiger partial charge in [-0.25, -0.2) is 4.68 Å². The van der Waals surface area contributed by atoms with Crippen molar-refractivity contribution in [2.75, 3.05) is 12.4 Å². The fourth-order valence-corrected chi connectivity index (χ4v) is 4.85. The molecule has 3 rings (SSSR count). The minimum Gasteiger partial charge on any atom is -0.437 e. The van der Waals surface area contributed by atoms with Crippen LogP contribution in [0.25, 0.3) is 0 Å². The third-order valence-electron chi connectivity index (χ3n) is 6.25. The number of halogens is 6. The van der Waals surface area contributed by atoms with E-state index in [0.717, 1.165) is 4.68 Å². The monoisotopic (exact) mass is 636 g/mol. The minimum atomic E-state index is -5.43. The molecule has 3 atom stereocenters. The quantitative estimate of drug-likeness (QED) is 0.271. The Labute approximate surface area is 245 Å². The number of pyridine rings is 1. The van der Waals surface area contributed by atoms with Gasteiger partial charge in [0.25, 0.3) is 5.91 Å². The lowest BCUT2D eigenvalue weighted by molar-refractivity contribution is -0.209. The van der Waals surface area contributed by atoms with Crippen LogP contribution in [0.3, 0.4) is 0 Å². The van der Waals surface area contributed by atoms with Crippen LogP contribution in [0.4, 0.5) is 26.3 Å². The van der Waals surface area contributed by atoms with Crippen molar-refractivity contribution >= 4 is 16.7 Å². The number of hydrogen-bond acceptors (Lipinski definition) is 7. The number of aliphatic hydroxyl groups is 2. The molecule has 0 fully saturated rings. The molecule has 236 valence electrons. The van der Waals surface area contributed by atoms with Gasteiger partial charge in [-0.15, -0.1) is 0 Å². The highest BCUT2D eigenvalue weighted by molar-refractivity contribution is 7.85. The van der Waals surface area contributed by atoms with E-state index < -0.39 is 76.1 Å². The van der Waals surface area contributed by atoms with Gasteiger partial charge >= 0.3 is 12.4 Å². The van der Waals surface area contributed by atoms with Gasteiger partial charge in [-0.05, 0) is 45.4 Å². The van der Waals surface area contributed by atoms with Crippen molar-refractivity contribution in [3.63, 3.8) is 0 Å². The molecule has 0 radical (unpaired) electrons. The van der Waals surface area contributed by atoms with Gasteiger partial charge in [0.15, 0.2) is 17.5 Å². The van der Waals surface area contributed by atoms with Gasteiger partial charge < -0.3 is 20.3 Å². The van der Waals surface area contributed by atoms with Crippen LogP contribution in [0.2, 0.25) is 0 Å². The molecular weight excluding hydrogens is 606 g/mol. The lowest BCUT2D eigenvalue weighted by Crippen LogP contribution is -2.32. The molecule has 3 N–H and O–H groups in total. The molecule has 0 aliphatic heterocycles.